The molecule has 0 saturated carbocycles. The zero-order chi connectivity index (χ0) is 21.9. The summed E-state index contributed by atoms with van der Waals surface area (Å²) < 4.78 is 21.8. The van der Waals surface area contributed by atoms with Gasteiger partial charge < -0.3 is 9.32 Å². The molecule has 0 fully saturated rings. The van der Waals surface area contributed by atoms with Crippen molar-refractivity contribution in [3.05, 3.63) is 107 Å². The summed E-state index contributed by atoms with van der Waals surface area (Å²) in [7, 11) is 0. The van der Waals surface area contributed by atoms with E-state index in [4.69, 9.17) is 9.40 Å². The van der Waals surface area contributed by atoms with Crippen molar-refractivity contribution < 1.29 is 13.6 Å². The molecular formula is C25H20FN3O2S. The summed E-state index contributed by atoms with van der Waals surface area (Å²) in [5, 5.41) is 2.05. The summed E-state index contributed by atoms with van der Waals surface area (Å²) in [6.07, 6.45) is 4.19. The molecule has 7 heteroatoms. The Labute approximate surface area is 188 Å². The molecule has 5 nitrogen and oxygen atoms in total. The number of furan rings is 1. The van der Waals surface area contributed by atoms with Crippen LogP contribution >= 0.6 is 11.3 Å². The van der Waals surface area contributed by atoms with E-state index >= 15 is 0 Å². The highest BCUT2D eigenvalue weighted by Gasteiger charge is 2.21. The number of nitrogens with zero attached hydrogens (tertiary/aromatic N) is 3. The van der Waals surface area contributed by atoms with Crippen molar-refractivity contribution in [2.45, 2.75) is 13.0 Å². The Hall–Kier alpha value is -3.71. The van der Waals surface area contributed by atoms with Crippen LogP contribution in [-0.2, 0) is 13.0 Å². The molecular weight excluding hydrogens is 425 g/mol. The van der Waals surface area contributed by atoms with Gasteiger partial charge in [-0.2, -0.15) is 0 Å². The quantitative estimate of drug-likeness (QED) is 0.324. The molecule has 1 amide bonds. The number of carbonyl (C=O) groups is 1. The van der Waals surface area contributed by atoms with Gasteiger partial charge in [-0.15, -0.1) is 11.3 Å². The third-order valence-electron chi connectivity index (χ3n) is 5.31. The van der Waals surface area contributed by atoms with E-state index in [0.29, 0.717) is 18.7 Å². The molecule has 0 bridgehead atoms. The van der Waals surface area contributed by atoms with E-state index < -0.39 is 5.82 Å². The molecule has 160 valence electrons. The number of benzene rings is 2. The maximum atomic E-state index is 14.3. The number of hydrogen-bond donors (Lipinski definition) is 0. The minimum absolute atomic E-state index is 0.0588. The van der Waals surface area contributed by atoms with E-state index in [1.807, 2.05) is 42.6 Å². The van der Waals surface area contributed by atoms with Crippen LogP contribution in [0.3, 0.4) is 0 Å². The van der Waals surface area contributed by atoms with Crippen LogP contribution < -0.4 is 0 Å². The van der Waals surface area contributed by atoms with E-state index in [1.54, 1.807) is 40.7 Å². The Morgan fingerprint density at radius 3 is 2.66 bits per heavy atom. The van der Waals surface area contributed by atoms with Gasteiger partial charge in [-0.05, 0) is 24.3 Å². The van der Waals surface area contributed by atoms with Gasteiger partial charge in [-0.25, -0.2) is 9.37 Å². The first-order valence-electron chi connectivity index (χ1n) is 10.3. The number of fused-ring (bicyclic) bond motifs is 1. The van der Waals surface area contributed by atoms with Gasteiger partial charge in [0.25, 0.3) is 5.91 Å². The van der Waals surface area contributed by atoms with E-state index in [0.717, 1.165) is 21.9 Å². The molecule has 0 aliphatic heterocycles. The second-order valence-corrected chi connectivity index (χ2v) is 8.24. The number of amides is 1. The predicted molar refractivity (Wildman–Crippen MR) is 122 cm³/mol. The van der Waals surface area contributed by atoms with Crippen LogP contribution in [0.25, 0.3) is 16.2 Å². The molecule has 0 atom stereocenters. The van der Waals surface area contributed by atoms with E-state index in [2.05, 4.69) is 9.78 Å². The molecule has 0 saturated heterocycles. The first-order valence-corrected chi connectivity index (χ1v) is 11.1. The molecule has 0 aliphatic carbocycles. The molecule has 0 radical (unpaired) electrons. The Bertz CT molecular complexity index is 1340. The highest BCUT2D eigenvalue weighted by atomic mass is 32.1. The fourth-order valence-corrected chi connectivity index (χ4v) is 4.56. The molecule has 0 spiro atoms. The van der Waals surface area contributed by atoms with E-state index in [9.17, 15) is 9.18 Å². The Morgan fingerprint density at radius 2 is 1.88 bits per heavy atom. The van der Waals surface area contributed by atoms with Crippen LogP contribution in [0.15, 0.2) is 89.0 Å². The second kappa shape index (κ2) is 8.80. The molecule has 0 N–H and O–H groups in total. The summed E-state index contributed by atoms with van der Waals surface area (Å²) in [6, 6.07) is 19.7. The summed E-state index contributed by atoms with van der Waals surface area (Å²) in [4.78, 5) is 20.4. The average molecular weight is 446 g/mol. The van der Waals surface area contributed by atoms with Gasteiger partial charge in [0, 0.05) is 35.8 Å². The van der Waals surface area contributed by atoms with Crippen LogP contribution in [0.1, 0.15) is 21.8 Å². The van der Waals surface area contributed by atoms with Crippen LogP contribution in [0, 0.1) is 5.82 Å². The van der Waals surface area contributed by atoms with Crippen molar-refractivity contribution in [2.24, 2.45) is 0 Å². The maximum Gasteiger partial charge on any atom is 0.257 e. The molecule has 3 aromatic heterocycles. The summed E-state index contributed by atoms with van der Waals surface area (Å²) in [5.74, 6) is -0.234. The summed E-state index contributed by atoms with van der Waals surface area (Å²) in [6.45, 7) is 0.686. The Balaban J connectivity index is 1.39. The normalized spacial score (nSPS) is 11.2. The zero-order valence-corrected chi connectivity index (χ0v) is 18.0. The van der Waals surface area contributed by atoms with Crippen molar-refractivity contribution in [3.8, 4) is 11.3 Å². The fourth-order valence-electron chi connectivity index (χ4n) is 3.65. The number of aromatic nitrogens is 2. The fraction of sp³-hybridized carbons (Fsp3) is 0.120. The van der Waals surface area contributed by atoms with Gasteiger partial charge in [-0.1, -0.05) is 42.5 Å². The van der Waals surface area contributed by atoms with Crippen molar-refractivity contribution >= 4 is 22.2 Å². The van der Waals surface area contributed by atoms with Crippen molar-refractivity contribution in [1.29, 1.82) is 0 Å². The third kappa shape index (κ3) is 4.07. The number of imidazole rings is 1. The largest absolute Gasteiger partial charge is 0.467 e. The summed E-state index contributed by atoms with van der Waals surface area (Å²) >= 11 is 1.56. The van der Waals surface area contributed by atoms with Gasteiger partial charge in [0.15, 0.2) is 4.96 Å². The van der Waals surface area contributed by atoms with Gasteiger partial charge in [0.05, 0.1) is 24.1 Å². The lowest BCUT2D eigenvalue weighted by molar-refractivity contribution is 0.0728. The number of hydrogen-bond acceptors (Lipinski definition) is 4. The molecule has 32 heavy (non-hydrogen) atoms. The second-order valence-electron chi connectivity index (χ2n) is 7.41. The number of halogens is 1. The number of rotatable bonds is 7. The van der Waals surface area contributed by atoms with Crippen LogP contribution in [0.5, 0.6) is 0 Å². The lowest BCUT2D eigenvalue weighted by atomic mass is 10.1. The number of thiazole rings is 1. The maximum absolute atomic E-state index is 14.3. The highest BCUT2D eigenvalue weighted by Crippen LogP contribution is 2.24. The van der Waals surface area contributed by atoms with Gasteiger partial charge in [0.1, 0.15) is 11.6 Å². The zero-order valence-electron chi connectivity index (χ0n) is 17.1. The minimum Gasteiger partial charge on any atom is -0.467 e. The van der Waals surface area contributed by atoms with Crippen molar-refractivity contribution in [3.63, 3.8) is 0 Å². The van der Waals surface area contributed by atoms with E-state index in [1.165, 1.54) is 12.1 Å². The monoisotopic (exact) mass is 445 g/mol. The van der Waals surface area contributed by atoms with E-state index in [-0.39, 0.29) is 18.0 Å². The Kier molecular flexibility index (Phi) is 5.56. The molecule has 5 aromatic rings. The number of carbonyl (C=O) groups excluding carboxylic acids is 1. The first kappa shape index (κ1) is 20.2. The predicted octanol–water partition coefficient (Wildman–Crippen LogP) is 5.68. The lowest BCUT2D eigenvalue weighted by Crippen LogP contribution is -2.33. The van der Waals surface area contributed by atoms with Gasteiger partial charge in [-0.3, -0.25) is 9.20 Å². The minimum atomic E-state index is -0.526. The molecule has 5 rings (SSSR count). The molecule has 0 unspecified atom stereocenters. The molecule has 2 aromatic carbocycles. The molecule has 0 aliphatic rings. The van der Waals surface area contributed by atoms with Crippen LogP contribution in [-0.4, -0.2) is 26.7 Å². The topological polar surface area (TPSA) is 50.8 Å². The van der Waals surface area contributed by atoms with Crippen molar-refractivity contribution in [2.75, 3.05) is 6.54 Å². The SMILES string of the molecule is O=C(c1ccccc1F)N(CCc1csc2nc(-c3ccccc3)cn12)Cc1ccco1. The highest BCUT2D eigenvalue weighted by molar-refractivity contribution is 7.15. The average Bonchev–Trinajstić information content (AvgIpc) is 3.55. The van der Waals surface area contributed by atoms with Crippen LogP contribution in [0.4, 0.5) is 4.39 Å². The summed E-state index contributed by atoms with van der Waals surface area (Å²) in [5.41, 5.74) is 3.08. The first-order chi connectivity index (χ1) is 15.7. The third-order valence-corrected chi connectivity index (χ3v) is 6.20. The molecule has 3 heterocycles. The van der Waals surface area contributed by atoms with Gasteiger partial charge >= 0.3 is 0 Å². The van der Waals surface area contributed by atoms with Crippen molar-refractivity contribution in [1.82, 2.24) is 14.3 Å². The standard InChI is InChI=1S/C25H20FN3O2S/c26-22-11-5-4-10-21(22)24(30)28(15-20-9-6-14-31-20)13-12-19-17-32-25-27-23(16-29(19)25)18-7-2-1-3-8-18/h1-11,14,16-17H,12-13,15H2. The Morgan fingerprint density at radius 1 is 1.06 bits per heavy atom. The van der Waals surface area contributed by atoms with Crippen LogP contribution in [0.2, 0.25) is 0 Å². The van der Waals surface area contributed by atoms with Gasteiger partial charge in [0.2, 0.25) is 0 Å². The lowest BCUT2D eigenvalue weighted by Gasteiger charge is -2.22. The smallest absolute Gasteiger partial charge is 0.257 e.